The molecule has 2 aromatic carbocycles. The quantitative estimate of drug-likeness (QED) is 0.841. The van der Waals surface area contributed by atoms with E-state index in [4.69, 9.17) is 0 Å². The highest BCUT2D eigenvalue weighted by Crippen LogP contribution is 2.25. The molecule has 3 rings (SSSR count). The van der Waals surface area contributed by atoms with Crippen LogP contribution in [0.2, 0.25) is 0 Å². The summed E-state index contributed by atoms with van der Waals surface area (Å²) < 4.78 is 25.3. The van der Waals surface area contributed by atoms with Crippen LogP contribution in [0.4, 0.5) is 17.1 Å². The fourth-order valence-corrected chi connectivity index (χ4v) is 3.39. The van der Waals surface area contributed by atoms with Crippen molar-refractivity contribution in [2.45, 2.75) is 12.8 Å². The number of amides is 2. The van der Waals surface area contributed by atoms with Crippen LogP contribution < -0.4 is 14.9 Å². The first-order valence-electron chi connectivity index (χ1n) is 8.12. The van der Waals surface area contributed by atoms with E-state index in [1.165, 1.54) is 0 Å². The molecule has 2 N–H and O–H groups in total. The molecule has 0 radical (unpaired) electrons. The molecule has 136 valence electrons. The molecule has 1 heterocycles. The number of hydrogen-bond acceptors (Lipinski definition) is 4. The SMILES string of the molecule is CS(=O)(=O)Nc1ccccc1NC(=O)c1cccc(N2CCCC2=O)c1. The topological polar surface area (TPSA) is 95.6 Å². The smallest absolute Gasteiger partial charge is 0.255 e. The molecule has 0 spiro atoms. The van der Waals surface area contributed by atoms with E-state index in [-0.39, 0.29) is 17.5 Å². The second-order valence-corrected chi connectivity index (χ2v) is 7.82. The van der Waals surface area contributed by atoms with Gasteiger partial charge in [-0.05, 0) is 36.8 Å². The van der Waals surface area contributed by atoms with Gasteiger partial charge in [0, 0.05) is 24.2 Å². The maximum Gasteiger partial charge on any atom is 0.255 e. The highest BCUT2D eigenvalue weighted by molar-refractivity contribution is 7.92. The van der Waals surface area contributed by atoms with Crippen molar-refractivity contribution in [2.24, 2.45) is 0 Å². The van der Waals surface area contributed by atoms with Gasteiger partial charge in [0.2, 0.25) is 15.9 Å². The number of rotatable bonds is 5. The van der Waals surface area contributed by atoms with Gasteiger partial charge in [0.25, 0.3) is 5.91 Å². The molecule has 0 atom stereocenters. The monoisotopic (exact) mass is 373 g/mol. The van der Waals surface area contributed by atoms with E-state index in [1.807, 2.05) is 0 Å². The number of para-hydroxylation sites is 2. The lowest BCUT2D eigenvalue weighted by Gasteiger charge is -2.17. The fourth-order valence-electron chi connectivity index (χ4n) is 2.81. The van der Waals surface area contributed by atoms with Crippen molar-refractivity contribution in [3.8, 4) is 0 Å². The second-order valence-electron chi connectivity index (χ2n) is 6.07. The van der Waals surface area contributed by atoms with Crippen molar-refractivity contribution in [3.05, 3.63) is 54.1 Å². The average Bonchev–Trinajstić information content (AvgIpc) is 3.01. The van der Waals surface area contributed by atoms with Gasteiger partial charge in [-0.25, -0.2) is 8.42 Å². The van der Waals surface area contributed by atoms with Gasteiger partial charge < -0.3 is 10.2 Å². The van der Waals surface area contributed by atoms with E-state index in [0.29, 0.717) is 29.9 Å². The summed E-state index contributed by atoms with van der Waals surface area (Å²) in [5, 5.41) is 2.71. The van der Waals surface area contributed by atoms with Crippen molar-refractivity contribution in [1.29, 1.82) is 0 Å². The Morgan fingerprint density at radius 3 is 2.46 bits per heavy atom. The number of hydrogen-bond donors (Lipinski definition) is 2. The van der Waals surface area contributed by atoms with Crippen LogP contribution >= 0.6 is 0 Å². The van der Waals surface area contributed by atoms with Gasteiger partial charge >= 0.3 is 0 Å². The zero-order valence-corrected chi connectivity index (χ0v) is 15.0. The third kappa shape index (κ3) is 4.20. The van der Waals surface area contributed by atoms with Gasteiger partial charge in [-0.3, -0.25) is 14.3 Å². The molecule has 1 aliphatic heterocycles. The molecule has 0 aromatic heterocycles. The number of carbonyl (C=O) groups is 2. The Labute approximate surface area is 152 Å². The first kappa shape index (κ1) is 17.9. The molecule has 0 aliphatic carbocycles. The van der Waals surface area contributed by atoms with Crippen LogP contribution in [-0.4, -0.2) is 33.0 Å². The van der Waals surface area contributed by atoms with Gasteiger partial charge in [0.15, 0.2) is 0 Å². The van der Waals surface area contributed by atoms with Crippen LogP contribution in [-0.2, 0) is 14.8 Å². The van der Waals surface area contributed by atoms with Crippen LogP contribution in [0.15, 0.2) is 48.5 Å². The van der Waals surface area contributed by atoms with Crippen molar-refractivity contribution < 1.29 is 18.0 Å². The Kier molecular flexibility index (Phi) is 4.94. The summed E-state index contributed by atoms with van der Waals surface area (Å²) in [5.41, 5.74) is 1.71. The number of carbonyl (C=O) groups excluding carboxylic acids is 2. The van der Waals surface area contributed by atoms with Crippen molar-refractivity contribution in [1.82, 2.24) is 0 Å². The molecule has 1 aliphatic rings. The summed E-state index contributed by atoms with van der Waals surface area (Å²) >= 11 is 0. The fraction of sp³-hybridized carbons (Fsp3) is 0.222. The Morgan fingerprint density at radius 1 is 1.08 bits per heavy atom. The van der Waals surface area contributed by atoms with Gasteiger partial charge in [-0.15, -0.1) is 0 Å². The maximum absolute atomic E-state index is 12.6. The summed E-state index contributed by atoms with van der Waals surface area (Å²) in [7, 11) is -3.47. The highest BCUT2D eigenvalue weighted by atomic mass is 32.2. The molecule has 26 heavy (non-hydrogen) atoms. The van der Waals surface area contributed by atoms with Gasteiger partial charge in [-0.2, -0.15) is 0 Å². The molecule has 8 heteroatoms. The van der Waals surface area contributed by atoms with Gasteiger partial charge in [0.05, 0.1) is 17.6 Å². The molecule has 0 unspecified atom stereocenters. The minimum absolute atomic E-state index is 0.0465. The van der Waals surface area contributed by atoms with Crippen LogP contribution in [0.5, 0.6) is 0 Å². The van der Waals surface area contributed by atoms with E-state index in [0.717, 1.165) is 12.7 Å². The standard InChI is InChI=1S/C18H19N3O4S/c1-26(24,25)20-16-9-3-2-8-15(16)19-18(23)13-6-4-7-14(12-13)21-11-5-10-17(21)22/h2-4,6-9,12,20H,5,10-11H2,1H3,(H,19,23). The summed E-state index contributed by atoms with van der Waals surface area (Å²) in [4.78, 5) is 26.1. The van der Waals surface area contributed by atoms with E-state index < -0.39 is 10.0 Å². The zero-order chi connectivity index (χ0) is 18.7. The van der Waals surface area contributed by atoms with Crippen molar-refractivity contribution in [3.63, 3.8) is 0 Å². The van der Waals surface area contributed by atoms with Crippen LogP contribution in [0.25, 0.3) is 0 Å². The minimum atomic E-state index is -3.47. The summed E-state index contributed by atoms with van der Waals surface area (Å²) in [6.07, 6.45) is 2.36. The minimum Gasteiger partial charge on any atom is -0.320 e. The van der Waals surface area contributed by atoms with Crippen LogP contribution in [0, 0.1) is 0 Å². The number of nitrogens with one attached hydrogen (secondary N) is 2. The van der Waals surface area contributed by atoms with Gasteiger partial charge in [0.1, 0.15) is 0 Å². The molecule has 2 aromatic rings. The van der Waals surface area contributed by atoms with E-state index in [9.17, 15) is 18.0 Å². The zero-order valence-electron chi connectivity index (χ0n) is 14.2. The first-order chi connectivity index (χ1) is 12.3. The predicted molar refractivity (Wildman–Crippen MR) is 101 cm³/mol. The van der Waals surface area contributed by atoms with Crippen LogP contribution in [0.3, 0.4) is 0 Å². The average molecular weight is 373 g/mol. The Balaban J connectivity index is 1.82. The Morgan fingerprint density at radius 2 is 1.81 bits per heavy atom. The van der Waals surface area contributed by atoms with E-state index >= 15 is 0 Å². The molecule has 0 bridgehead atoms. The normalized spacial score (nSPS) is 14.3. The molecule has 7 nitrogen and oxygen atoms in total. The van der Waals surface area contributed by atoms with Crippen molar-refractivity contribution >= 4 is 38.9 Å². The second kappa shape index (κ2) is 7.17. The lowest BCUT2D eigenvalue weighted by molar-refractivity contribution is -0.117. The van der Waals surface area contributed by atoms with Gasteiger partial charge in [-0.1, -0.05) is 18.2 Å². The summed E-state index contributed by atoms with van der Waals surface area (Å²) in [6, 6.07) is 13.4. The number of benzene rings is 2. The molecule has 1 fully saturated rings. The third-order valence-corrected chi connectivity index (χ3v) is 4.55. The third-order valence-electron chi connectivity index (χ3n) is 3.96. The van der Waals surface area contributed by atoms with Crippen LogP contribution in [0.1, 0.15) is 23.2 Å². The molecule has 1 saturated heterocycles. The largest absolute Gasteiger partial charge is 0.320 e. The Hall–Kier alpha value is -2.87. The number of anilines is 3. The first-order valence-corrected chi connectivity index (χ1v) is 10.0. The molecular weight excluding hydrogens is 354 g/mol. The summed E-state index contributed by atoms with van der Waals surface area (Å²) in [5.74, 6) is -0.341. The summed E-state index contributed by atoms with van der Waals surface area (Å²) in [6.45, 7) is 0.644. The molecule has 0 saturated carbocycles. The van der Waals surface area contributed by atoms with E-state index in [1.54, 1.807) is 53.4 Å². The maximum atomic E-state index is 12.6. The lowest BCUT2D eigenvalue weighted by Crippen LogP contribution is -2.24. The Bertz CT molecular complexity index is 956. The van der Waals surface area contributed by atoms with E-state index in [2.05, 4.69) is 10.0 Å². The number of sulfonamides is 1. The highest BCUT2D eigenvalue weighted by Gasteiger charge is 2.22. The van der Waals surface area contributed by atoms with Crippen molar-refractivity contribution in [2.75, 3.05) is 27.7 Å². The lowest BCUT2D eigenvalue weighted by atomic mass is 10.1. The number of nitrogens with zero attached hydrogens (tertiary/aromatic N) is 1. The molecule has 2 amide bonds. The predicted octanol–water partition coefficient (Wildman–Crippen LogP) is 2.44. The molecular formula is C18H19N3O4S.